The molecular weight excluding hydrogens is 259 g/mol. The molecule has 0 N–H and O–H groups in total. The van der Waals surface area contributed by atoms with E-state index in [4.69, 9.17) is 0 Å². The Morgan fingerprint density at radius 2 is 1.89 bits per heavy atom. The van der Waals surface area contributed by atoms with Crippen LogP contribution in [0.25, 0.3) is 0 Å². The van der Waals surface area contributed by atoms with Gasteiger partial charge in [-0.25, -0.2) is 8.78 Å². The lowest BCUT2D eigenvalue weighted by molar-refractivity contribution is -0.175. The van der Waals surface area contributed by atoms with Crippen molar-refractivity contribution < 1.29 is 31.5 Å². The van der Waals surface area contributed by atoms with Gasteiger partial charge in [-0.2, -0.15) is 13.2 Å². The molecule has 0 atom stereocenters. The number of alkyl halides is 3. The molecule has 0 bridgehead atoms. The maximum absolute atomic E-state index is 13.1. The van der Waals surface area contributed by atoms with Crippen LogP contribution in [-0.4, -0.2) is 25.2 Å². The molecule has 0 spiro atoms. The summed E-state index contributed by atoms with van der Waals surface area (Å²) in [4.78, 5) is 11.2. The van der Waals surface area contributed by atoms with Crippen LogP contribution in [0.15, 0.2) is 18.2 Å². The molecule has 0 amide bonds. The summed E-state index contributed by atoms with van der Waals surface area (Å²) in [7, 11) is 0. The molecular formula is C11H9F5O2. The molecule has 0 saturated heterocycles. The molecule has 0 aliphatic rings. The third kappa shape index (κ3) is 4.79. The number of benzene rings is 1. The van der Waals surface area contributed by atoms with Gasteiger partial charge in [0.25, 0.3) is 0 Å². The molecule has 0 unspecified atom stereocenters. The molecule has 0 saturated carbocycles. The lowest BCUT2D eigenvalue weighted by Crippen LogP contribution is -2.21. The Bertz CT molecular complexity index is 428. The standard InChI is InChI=1S/C11H9F5O2/c12-9-3-1-2-7(10(9)13)4-8(17)5-18-6-11(14,15)16/h1-3H,4-6H2. The Morgan fingerprint density at radius 1 is 1.22 bits per heavy atom. The van der Waals surface area contributed by atoms with Crippen molar-refractivity contribution in [2.24, 2.45) is 0 Å². The number of carbonyl (C=O) groups is 1. The summed E-state index contributed by atoms with van der Waals surface area (Å²) in [5.74, 6) is -3.05. The number of Topliss-reactive ketones (excluding diaryl/α,β-unsaturated/α-hetero) is 1. The fourth-order valence-electron chi connectivity index (χ4n) is 1.23. The Hall–Kier alpha value is -1.50. The van der Waals surface area contributed by atoms with Crippen LogP contribution in [0.5, 0.6) is 0 Å². The van der Waals surface area contributed by atoms with Crippen LogP contribution in [0.3, 0.4) is 0 Å². The first-order valence-electron chi connectivity index (χ1n) is 4.88. The van der Waals surface area contributed by atoms with Gasteiger partial charge < -0.3 is 4.74 Å². The molecule has 2 nitrogen and oxygen atoms in total. The summed E-state index contributed by atoms with van der Waals surface area (Å²) in [6, 6.07) is 3.27. The minimum absolute atomic E-state index is 0.212. The number of hydrogen-bond donors (Lipinski definition) is 0. The predicted molar refractivity (Wildman–Crippen MR) is 51.9 cm³/mol. The summed E-state index contributed by atoms with van der Waals surface area (Å²) in [5.41, 5.74) is -0.212. The van der Waals surface area contributed by atoms with Crippen molar-refractivity contribution in [1.29, 1.82) is 0 Å². The number of carbonyl (C=O) groups excluding carboxylic acids is 1. The van der Waals surface area contributed by atoms with E-state index in [9.17, 15) is 26.7 Å². The molecule has 1 aromatic rings. The van der Waals surface area contributed by atoms with Gasteiger partial charge in [-0.1, -0.05) is 12.1 Å². The van der Waals surface area contributed by atoms with Crippen LogP contribution in [0.4, 0.5) is 22.0 Å². The summed E-state index contributed by atoms with van der Waals surface area (Å²) in [6.07, 6.45) is -5.04. The second-order valence-electron chi connectivity index (χ2n) is 3.54. The third-order valence-corrected chi connectivity index (χ3v) is 1.95. The molecule has 0 aromatic heterocycles. The normalized spacial score (nSPS) is 11.6. The number of rotatable bonds is 5. The van der Waals surface area contributed by atoms with Gasteiger partial charge in [-0.3, -0.25) is 4.79 Å². The minimum Gasteiger partial charge on any atom is -0.364 e. The van der Waals surface area contributed by atoms with E-state index in [1.807, 2.05) is 0 Å². The van der Waals surface area contributed by atoms with E-state index in [0.29, 0.717) is 0 Å². The van der Waals surface area contributed by atoms with Crippen molar-refractivity contribution in [3.05, 3.63) is 35.4 Å². The van der Waals surface area contributed by atoms with Crippen molar-refractivity contribution in [1.82, 2.24) is 0 Å². The molecule has 1 rings (SSSR count). The highest BCUT2D eigenvalue weighted by Crippen LogP contribution is 2.15. The summed E-state index contributed by atoms with van der Waals surface area (Å²) in [6.45, 7) is -2.35. The zero-order valence-electron chi connectivity index (χ0n) is 9.06. The van der Waals surface area contributed by atoms with Crippen LogP contribution in [-0.2, 0) is 16.0 Å². The molecule has 0 aliphatic heterocycles. The summed E-state index contributed by atoms with van der Waals surface area (Å²) < 4.78 is 65.1. The maximum Gasteiger partial charge on any atom is 0.411 e. The average molecular weight is 268 g/mol. The van der Waals surface area contributed by atoms with Crippen LogP contribution in [0.1, 0.15) is 5.56 Å². The summed E-state index contributed by atoms with van der Waals surface area (Å²) in [5, 5.41) is 0. The SMILES string of the molecule is O=C(COCC(F)(F)F)Cc1cccc(F)c1F. The van der Waals surface area contributed by atoms with Gasteiger partial charge in [0.15, 0.2) is 17.4 Å². The van der Waals surface area contributed by atoms with E-state index < -0.39 is 43.2 Å². The average Bonchev–Trinajstić information content (AvgIpc) is 2.23. The largest absolute Gasteiger partial charge is 0.411 e. The van der Waals surface area contributed by atoms with Crippen molar-refractivity contribution in [2.75, 3.05) is 13.2 Å². The molecule has 1 aromatic carbocycles. The van der Waals surface area contributed by atoms with Crippen LogP contribution in [0, 0.1) is 11.6 Å². The van der Waals surface area contributed by atoms with E-state index in [2.05, 4.69) is 4.74 Å². The Labute approximate surface area is 99.4 Å². The zero-order chi connectivity index (χ0) is 13.8. The van der Waals surface area contributed by atoms with Crippen LogP contribution in [0.2, 0.25) is 0 Å². The lowest BCUT2D eigenvalue weighted by atomic mass is 10.1. The maximum atomic E-state index is 13.1. The highest BCUT2D eigenvalue weighted by atomic mass is 19.4. The van der Waals surface area contributed by atoms with Crippen LogP contribution >= 0.6 is 0 Å². The van der Waals surface area contributed by atoms with Gasteiger partial charge >= 0.3 is 6.18 Å². The fraction of sp³-hybridized carbons (Fsp3) is 0.364. The van der Waals surface area contributed by atoms with E-state index in [1.165, 1.54) is 12.1 Å². The molecule has 0 aliphatic carbocycles. The number of ether oxygens (including phenoxy) is 1. The zero-order valence-corrected chi connectivity index (χ0v) is 9.06. The molecule has 7 heteroatoms. The van der Waals surface area contributed by atoms with Crippen molar-refractivity contribution >= 4 is 5.78 Å². The minimum atomic E-state index is -4.52. The number of ketones is 1. The topological polar surface area (TPSA) is 26.3 Å². The number of hydrogen-bond acceptors (Lipinski definition) is 2. The van der Waals surface area contributed by atoms with Gasteiger partial charge in [0, 0.05) is 6.42 Å². The molecule has 0 fully saturated rings. The van der Waals surface area contributed by atoms with E-state index in [1.54, 1.807) is 0 Å². The van der Waals surface area contributed by atoms with Crippen molar-refractivity contribution in [2.45, 2.75) is 12.6 Å². The Kier molecular flexibility index (Phi) is 4.77. The third-order valence-electron chi connectivity index (χ3n) is 1.95. The second-order valence-corrected chi connectivity index (χ2v) is 3.54. The first-order chi connectivity index (χ1) is 8.29. The van der Waals surface area contributed by atoms with E-state index in [-0.39, 0.29) is 5.56 Å². The monoisotopic (exact) mass is 268 g/mol. The van der Waals surface area contributed by atoms with Crippen molar-refractivity contribution in [3.63, 3.8) is 0 Å². The molecule has 18 heavy (non-hydrogen) atoms. The molecule has 0 heterocycles. The fourth-order valence-corrected chi connectivity index (χ4v) is 1.23. The highest BCUT2D eigenvalue weighted by Gasteiger charge is 2.27. The van der Waals surface area contributed by atoms with Crippen molar-refractivity contribution in [3.8, 4) is 0 Å². The van der Waals surface area contributed by atoms with Gasteiger partial charge in [0.05, 0.1) is 0 Å². The van der Waals surface area contributed by atoms with Gasteiger partial charge in [0.2, 0.25) is 0 Å². The first kappa shape index (κ1) is 14.6. The van der Waals surface area contributed by atoms with Crippen LogP contribution < -0.4 is 0 Å². The number of halogens is 5. The van der Waals surface area contributed by atoms with E-state index in [0.717, 1.165) is 6.07 Å². The molecule has 100 valence electrons. The highest BCUT2D eigenvalue weighted by molar-refractivity contribution is 5.82. The smallest absolute Gasteiger partial charge is 0.364 e. The predicted octanol–water partition coefficient (Wildman–Crippen LogP) is 2.66. The lowest BCUT2D eigenvalue weighted by Gasteiger charge is -2.07. The molecule has 0 radical (unpaired) electrons. The van der Waals surface area contributed by atoms with Gasteiger partial charge in [-0.15, -0.1) is 0 Å². The second kappa shape index (κ2) is 5.90. The van der Waals surface area contributed by atoms with Gasteiger partial charge in [-0.05, 0) is 11.6 Å². The first-order valence-corrected chi connectivity index (χ1v) is 4.88. The van der Waals surface area contributed by atoms with E-state index >= 15 is 0 Å². The Morgan fingerprint density at radius 3 is 2.50 bits per heavy atom. The Balaban J connectivity index is 2.48. The van der Waals surface area contributed by atoms with Gasteiger partial charge in [0.1, 0.15) is 13.2 Å². The quantitative estimate of drug-likeness (QED) is 0.767. The summed E-state index contributed by atoms with van der Waals surface area (Å²) >= 11 is 0.